The zero-order valence-electron chi connectivity index (χ0n) is 16.9. The lowest BCUT2D eigenvalue weighted by molar-refractivity contribution is -0.124. The van der Waals surface area contributed by atoms with Crippen molar-refractivity contribution in [3.05, 3.63) is 64.6 Å². The first-order valence-electron chi connectivity index (χ1n) is 9.74. The highest BCUT2D eigenvalue weighted by molar-refractivity contribution is 8.18. The highest BCUT2D eigenvalue weighted by Gasteiger charge is 2.37. The molecular formula is C23H25NO4S. The number of imide groups is 1. The Morgan fingerprint density at radius 2 is 1.79 bits per heavy atom. The third-order valence-corrected chi connectivity index (χ3v) is 5.54. The molecular weight excluding hydrogens is 386 g/mol. The van der Waals surface area contributed by atoms with Gasteiger partial charge in [0.15, 0.2) is 11.5 Å². The molecule has 29 heavy (non-hydrogen) atoms. The van der Waals surface area contributed by atoms with Crippen LogP contribution in [0.5, 0.6) is 11.5 Å². The minimum absolute atomic E-state index is 0.110. The van der Waals surface area contributed by atoms with Crippen molar-refractivity contribution in [3.8, 4) is 11.5 Å². The molecule has 2 aromatic carbocycles. The first kappa shape index (κ1) is 21.0. The Kier molecular flexibility index (Phi) is 6.99. The van der Waals surface area contributed by atoms with Crippen molar-refractivity contribution in [2.24, 2.45) is 0 Å². The number of carbonyl (C=O) groups excluding carboxylic acids is 2. The van der Waals surface area contributed by atoms with E-state index in [0.29, 0.717) is 29.6 Å². The normalized spacial score (nSPS) is 16.4. The van der Waals surface area contributed by atoms with E-state index < -0.39 is 0 Å². The Balaban J connectivity index is 1.80. The van der Waals surface area contributed by atoms with E-state index in [0.717, 1.165) is 29.3 Å². The monoisotopic (exact) mass is 411 g/mol. The number of carbonyl (C=O) groups is 2. The number of nitrogens with zero attached hydrogens (tertiary/aromatic N) is 1. The summed E-state index contributed by atoms with van der Waals surface area (Å²) in [5.41, 5.74) is 1.85. The summed E-state index contributed by atoms with van der Waals surface area (Å²) in [6.45, 7) is 6.68. The van der Waals surface area contributed by atoms with Crippen molar-refractivity contribution < 1.29 is 19.1 Å². The molecule has 0 N–H and O–H groups in total. The standard InChI is InChI=1S/C23H25NO4S/c1-4-16(3)24-22(25)21(29-23(24)26)14-18-11-12-19(20(13-18)27-5-2)28-15-17-9-7-6-8-10-17/h6-14,16H,4-5,15H2,1-3H3/b21-14+/t16-/m1/s1. The smallest absolute Gasteiger partial charge is 0.293 e. The van der Waals surface area contributed by atoms with Gasteiger partial charge in [-0.15, -0.1) is 0 Å². The molecule has 1 aliphatic heterocycles. The first-order valence-corrected chi connectivity index (χ1v) is 10.6. The van der Waals surface area contributed by atoms with Gasteiger partial charge in [0.2, 0.25) is 0 Å². The molecule has 1 heterocycles. The summed E-state index contributed by atoms with van der Waals surface area (Å²) in [7, 11) is 0. The predicted molar refractivity (Wildman–Crippen MR) is 116 cm³/mol. The molecule has 0 radical (unpaired) electrons. The second kappa shape index (κ2) is 9.65. The van der Waals surface area contributed by atoms with Gasteiger partial charge in [-0.25, -0.2) is 0 Å². The number of ether oxygens (including phenoxy) is 2. The van der Waals surface area contributed by atoms with Crippen LogP contribution in [0.1, 0.15) is 38.3 Å². The van der Waals surface area contributed by atoms with Crippen LogP contribution in [0.4, 0.5) is 4.79 Å². The van der Waals surface area contributed by atoms with E-state index in [1.165, 1.54) is 4.90 Å². The van der Waals surface area contributed by atoms with Crippen LogP contribution in [0.2, 0.25) is 0 Å². The Morgan fingerprint density at radius 3 is 2.48 bits per heavy atom. The lowest BCUT2D eigenvalue weighted by Gasteiger charge is -2.19. The number of hydrogen-bond donors (Lipinski definition) is 0. The van der Waals surface area contributed by atoms with Gasteiger partial charge in [-0.05, 0) is 61.4 Å². The number of rotatable bonds is 8. The number of thioether (sulfide) groups is 1. The molecule has 1 atom stereocenters. The Morgan fingerprint density at radius 1 is 1.03 bits per heavy atom. The summed E-state index contributed by atoms with van der Waals surface area (Å²) < 4.78 is 11.7. The fourth-order valence-electron chi connectivity index (χ4n) is 2.93. The summed E-state index contributed by atoms with van der Waals surface area (Å²) >= 11 is 0.978. The fraction of sp³-hybridized carbons (Fsp3) is 0.304. The van der Waals surface area contributed by atoms with E-state index in [4.69, 9.17) is 9.47 Å². The molecule has 1 aliphatic rings. The molecule has 1 fully saturated rings. The molecule has 1 saturated heterocycles. The van der Waals surface area contributed by atoms with Crippen LogP contribution in [-0.2, 0) is 11.4 Å². The van der Waals surface area contributed by atoms with Crippen LogP contribution in [0.25, 0.3) is 6.08 Å². The highest BCUT2D eigenvalue weighted by Crippen LogP contribution is 2.36. The average molecular weight is 412 g/mol. The summed E-state index contributed by atoms with van der Waals surface area (Å²) in [4.78, 5) is 26.6. The van der Waals surface area contributed by atoms with E-state index >= 15 is 0 Å². The molecule has 0 aliphatic carbocycles. The van der Waals surface area contributed by atoms with Crippen LogP contribution in [-0.4, -0.2) is 28.7 Å². The predicted octanol–water partition coefficient (Wildman–Crippen LogP) is 5.50. The van der Waals surface area contributed by atoms with Crippen LogP contribution in [0.3, 0.4) is 0 Å². The van der Waals surface area contributed by atoms with Gasteiger partial charge in [0.05, 0.1) is 11.5 Å². The maximum absolute atomic E-state index is 12.6. The maximum Gasteiger partial charge on any atom is 0.293 e. The molecule has 0 aromatic heterocycles. The fourth-order valence-corrected chi connectivity index (χ4v) is 3.86. The first-order chi connectivity index (χ1) is 14.0. The molecule has 152 valence electrons. The molecule has 0 spiro atoms. The molecule has 5 nitrogen and oxygen atoms in total. The molecule has 2 aromatic rings. The van der Waals surface area contributed by atoms with Crippen molar-refractivity contribution in [1.29, 1.82) is 0 Å². The zero-order chi connectivity index (χ0) is 20.8. The second-order valence-electron chi connectivity index (χ2n) is 6.72. The molecule has 3 rings (SSSR count). The van der Waals surface area contributed by atoms with Gasteiger partial charge < -0.3 is 9.47 Å². The Hall–Kier alpha value is -2.73. The van der Waals surface area contributed by atoms with E-state index in [2.05, 4.69) is 0 Å². The van der Waals surface area contributed by atoms with E-state index in [9.17, 15) is 9.59 Å². The second-order valence-corrected chi connectivity index (χ2v) is 7.72. The summed E-state index contributed by atoms with van der Waals surface area (Å²) in [6, 6.07) is 15.3. The van der Waals surface area contributed by atoms with E-state index in [1.54, 1.807) is 6.08 Å². The van der Waals surface area contributed by atoms with Crippen molar-refractivity contribution >= 4 is 29.0 Å². The average Bonchev–Trinajstić information content (AvgIpc) is 3.01. The third-order valence-electron chi connectivity index (χ3n) is 4.66. The third kappa shape index (κ3) is 5.01. The largest absolute Gasteiger partial charge is 0.490 e. The topological polar surface area (TPSA) is 55.8 Å². The van der Waals surface area contributed by atoms with Gasteiger partial charge in [0.25, 0.3) is 11.1 Å². The molecule has 0 unspecified atom stereocenters. The molecule has 0 saturated carbocycles. The quantitative estimate of drug-likeness (QED) is 0.537. The van der Waals surface area contributed by atoms with Crippen LogP contribution >= 0.6 is 11.8 Å². The number of hydrogen-bond acceptors (Lipinski definition) is 5. The van der Waals surface area contributed by atoms with Gasteiger partial charge in [-0.3, -0.25) is 14.5 Å². The summed E-state index contributed by atoms with van der Waals surface area (Å²) in [6.07, 6.45) is 2.46. The van der Waals surface area contributed by atoms with E-state index in [1.807, 2.05) is 69.3 Å². The Bertz CT molecular complexity index is 910. The van der Waals surface area contributed by atoms with Crippen molar-refractivity contribution in [2.75, 3.05) is 6.61 Å². The summed E-state index contributed by atoms with van der Waals surface area (Å²) in [5, 5.41) is -0.219. The molecule has 0 bridgehead atoms. The maximum atomic E-state index is 12.6. The minimum Gasteiger partial charge on any atom is -0.490 e. The van der Waals surface area contributed by atoms with Crippen LogP contribution < -0.4 is 9.47 Å². The number of amides is 2. The molecule has 2 amide bonds. The van der Waals surface area contributed by atoms with Crippen molar-refractivity contribution in [2.45, 2.75) is 39.8 Å². The zero-order valence-corrected chi connectivity index (χ0v) is 17.7. The van der Waals surface area contributed by atoms with Crippen LogP contribution in [0.15, 0.2) is 53.4 Å². The minimum atomic E-state index is -0.239. The van der Waals surface area contributed by atoms with Crippen LogP contribution in [0, 0.1) is 0 Å². The van der Waals surface area contributed by atoms with Gasteiger partial charge in [-0.2, -0.15) is 0 Å². The lowest BCUT2D eigenvalue weighted by Crippen LogP contribution is -2.36. The van der Waals surface area contributed by atoms with Gasteiger partial charge in [0, 0.05) is 6.04 Å². The highest BCUT2D eigenvalue weighted by atomic mass is 32.2. The van der Waals surface area contributed by atoms with Crippen molar-refractivity contribution in [1.82, 2.24) is 4.90 Å². The number of benzene rings is 2. The SMILES string of the molecule is CCOc1cc(/C=C2/SC(=O)N([C@H](C)CC)C2=O)ccc1OCc1ccccc1. The Labute approximate surface area is 175 Å². The lowest BCUT2D eigenvalue weighted by atomic mass is 10.1. The van der Waals surface area contributed by atoms with Crippen molar-refractivity contribution in [3.63, 3.8) is 0 Å². The summed E-state index contributed by atoms with van der Waals surface area (Å²) in [5.74, 6) is 1.01. The van der Waals surface area contributed by atoms with Gasteiger partial charge >= 0.3 is 0 Å². The van der Waals surface area contributed by atoms with E-state index in [-0.39, 0.29) is 17.2 Å². The molecule has 6 heteroatoms. The van der Waals surface area contributed by atoms with Gasteiger partial charge in [-0.1, -0.05) is 43.3 Å². The van der Waals surface area contributed by atoms with Gasteiger partial charge in [0.1, 0.15) is 6.61 Å².